The van der Waals surface area contributed by atoms with Crippen molar-refractivity contribution in [1.29, 1.82) is 0 Å². The Labute approximate surface area is 118 Å². The molecule has 2 heterocycles. The molecule has 2 aromatic heterocycles. The lowest BCUT2D eigenvalue weighted by Crippen LogP contribution is -2.31. The Morgan fingerprint density at radius 3 is 3.15 bits per heavy atom. The SMILES string of the molecule is CCc1cc(NC2CCCC(OC)C2)n2ncnc2n1. The van der Waals surface area contributed by atoms with Crippen molar-refractivity contribution in [3.63, 3.8) is 0 Å². The normalized spacial score (nSPS) is 23.1. The van der Waals surface area contributed by atoms with Gasteiger partial charge in [-0.25, -0.2) is 4.98 Å². The topological polar surface area (TPSA) is 64.3 Å². The van der Waals surface area contributed by atoms with Crippen LogP contribution in [0.1, 0.15) is 38.3 Å². The molecular formula is C14H21N5O. The molecule has 1 aliphatic carbocycles. The number of methoxy groups -OCH3 is 1. The van der Waals surface area contributed by atoms with Gasteiger partial charge in [0.2, 0.25) is 0 Å². The van der Waals surface area contributed by atoms with E-state index in [0.29, 0.717) is 17.9 Å². The fourth-order valence-corrected chi connectivity index (χ4v) is 2.84. The highest BCUT2D eigenvalue weighted by molar-refractivity contribution is 5.45. The average molecular weight is 275 g/mol. The summed E-state index contributed by atoms with van der Waals surface area (Å²) < 4.78 is 7.26. The molecule has 6 heteroatoms. The summed E-state index contributed by atoms with van der Waals surface area (Å²) in [4.78, 5) is 8.65. The molecule has 1 fully saturated rings. The molecule has 108 valence electrons. The first-order chi connectivity index (χ1) is 9.80. The summed E-state index contributed by atoms with van der Waals surface area (Å²) in [5.74, 6) is 1.64. The zero-order valence-corrected chi connectivity index (χ0v) is 12.0. The fourth-order valence-electron chi connectivity index (χ4n) is 2.84. The first kappa shape index (κ1) is 13.3. The van der Waals surface area contributed by atoms with E-state index in [1.165, 1.54) is 12.8 Å². The Hall–Kier alpha value is -1.69. The molecule has 0 saturated heterocycles. The lowest BCUT2D eigenvalue weighted by molar-refractivity contribution is 0.0668. The number of aryl methyl sites for hydroxylation is 1. The van der Waals surface area contributed by atoms with Gasteiger partial charge in [-0.3, -0.25) is 0 Å². The lowest BCUT2D eigenvalue weighted by atomic mass is 9.93. The Kier molecular flexibility index (Phi) is 3.82. The Morgan fingerprint density at radius 1 is 1.45 bits per heavy atom. The third kappa shape index (κ3) is 2.60. The summed E-state index contributed by atoms with van der Waals surface area (Å²) in [6.45, 7) is 2.10. The fraction of sp³-hybridized carbons (Fsp3) is 0.643. The van der Waals surface area contributed by atoms with Crippen molar-refractivity contribution in [2.75, 3.05) is 12.4 Å². The van der Waals surface area contributed by atoms with E-state index in [0.717, 1.165) is 30.8 Å². The second-order valence-electron chi connectivity index (χ2n) is 5.32. The van der Waals surface area contributed by atoms with Crippen molar-refractivity contribution in [1.82, 2.24) is 19.6 Å². The minimum absolute atomic E-state index is 0.361. The number of rotatable bonds is 4. The van der Waals surface area contributed by atoms with Crippen molar-refractivity contribution in [2.45, 2.75) is 51.2 Å². The van der Waals surface area contributed by atoms with E-state index in [2.05, 4.69) is 33.4 Å². The van der Waals surface area contributed by atoms with Crippen molar-refractivity contribution in [3.8, 4) is 0 Å². The van der Waals surface area contributed by atoms with Gasteiger partial charge < -0.3 is 10.1 Å². The van der Waals surface area contributed by atoms with Crippen LogP contribution in [0.5, 0.6) is 0 Å². The summed E-state index contributed by atoms with van der Waals surface area (Å²) in [5.41, 5.74) is 1.03. The van der Waals surface area contributed by atoms with Gasteiger partial charge in [0, 0.05) is 24.9 Å². The molecule has 0 aliphatic heterocycles. The first-order valence-electron chi connectivity index (χ1n) is 7.29. The number of nitrogens with zero attached hydrogens (tertiary/aromatic N) is 4. The third-order valence-corrected chi connectivity index (χ3v) is 3.98. The quantitative estimate of drug-likeness (QED) is 0.925. The smallest absolute Gasteiger partial charge is 0.254 e. The zero-order chi connectivity index (χ0) is 13.9. The van der Waals surface area contributed by atoms with Crippen LogP contribution < -0.4 is 5.32 Å². The lowest BCUT2D eigenvalue weighted by Gasteiger charge is -2.29. The van der Waals surface area contributed by atoms with Gasteiger partial charge in [0.05, 0.1) is 6.10 Å². The predicted octanol–water partition coefficient (Wildman–Crippen LogP) is 2.06. The van der Waals surface area contributed by atoms with Gasteiger partial charge in [0.15, 0.2) is 0 Å². The van der Waals surface area contributed by atoms with Crippen LogP contribution in [0.2, 0.25) is 0 Å². The van der Waals surface area contributed by atoms with Crippen molar-refractivity contribution >= 4 is 11.6 Å². The molecule has 0 amide bonds. The molecular weight excluding hydrogens is 254 g/mol. The highest BCUT2D eigenvalue weighted by Crippen LogP contribution is 2.24. The van der Waals surface area contributed by atoms with Gasteiger partial charge in [0.25, 0.3) is 5.78 Å². The summed E-state index contributed by atoms with van der Waals surface area (Å²) in [5, 5.41) is 7.84. The van der Waals surface area contributed by atoms with Crippen LogP contribution in [-0.4, -0.2) is 38.8 Å². The number of ether oxygens (including phenoxy) is 1. The minimum Gasteiger partial charge on any atom is -0.381 e. The molecule has 1 saturated carbocycles. The molecule has 1 N–H and O–H groups in total. The number of anilines is 1. The largest absolute Gasteiger partial charge is 0.381 e. The van der Waals surface area contributed by atoms with E-state index < -0.39 is 0 Å². The van der Waals surface area contributed by atoms with Crippen LogP contribution in [0.25, 0.3) is 5.78 Å². The third-order valence-electron chi connectivity index (χ3n) is 3.98. The molecule has 1 aliphatic rings. The van der Waals surface area contributed by atoms with Gasteiger partial charge in [-0.1, -0.05) is 6.92 Å². The maximum atomic E-state index is 5.49. The highest BCUT2D eigenvalue weighted by Gasteiger charge is 2.22. The van der Waals surface area contributed by atoms with E-state index in [1.807, 2.05) is 0 Å². The molecule has 2 unspecified atom stereocenters. The van der Waals surface area contributed by atoms with E-state index in [4.69, 9.17) is 4.74 Å². The number of fused-ring (bicyclic) bond motifs is 1. The Morgan fingerprint density at radius 2 is 2.35 bits per heavy atom. The Bertz CT molecular complexity index is 582. The maximum Gasteiger partial charge on any atom is 0.254 e. The van der Waals surface area contributed by atoms with Gasteiger partial charge in [0.1, 0.15) is 12.1 Å². The molecule has 0 aromatic carbocycles. The van der Waals surface area contributed by atoms with Gasteiger partial charge >= 0.3 is 0 Å². The van der Waals surface area contributed by atoms with Crippen LogP contribution in [0, 0.1) is 0 Å². The summed E-state index contributed by atoms with van der Waals surface area (Å²) in [6.07, 6.45) is 7.36. The molecule has 2 atom stereocenters. The van der Waals surface area contributed by atoms with Gasteiger partial charge in [-0.15, -0.1) is 0 Å². The summed E-state index contributed by atoms with van der Waals surface area (Å²) >= 11 is 0. The molecule has 2 aromatic rings. The van der Waals surface area contributed by atoms with Crippen molar-refractivity contribution < 1.29 is 4.74 Å². The highest BCUT2D eigenvalue weighted by atomic mass is 16.5. The maximum absolute atomic E-state index is 5.49. The standard InChI is InChI=1S/C14H21N5O/c1-3-10-8-13(19-14(18-10)15-9-16-19)17-11-5-4-6-12(7-11)20-2/h8-9,11-12,17H,3-7H2,1-2H3. The number of nitrogens with one attached hydrogen (secondary N) is 1. The van der Waals surface area contributed by atoms with E-state index in [9.17, 15) is 0 Å². The molecule has 0 bridgehead atoms. The molecule has 0 spiro atoms. The van der Waals surface area contributed by atoms with Crippen molar-refractivity contribution in [2.24, 2.45) is 0 Å². The number of hydrogen-bond acceptors (Lipinski definition) is 5. The number of aromatic nitrogens is 4. The van der Waals surface area contributed by atoms with Crippen LogP contribution in [0.3, 0.4) is 0 Å². The second kappa shape index (κ2) is 5.75. The Balaban J connectivity index is 1.84. The van der Waals surface area contributed by atoms with E-state index in [1.54, 1.807) is 18.0 Å². The first-order valence-corrected chi connectivity index (χ1v) is 7.29. The monoisotopic (exact) mass is 275 g/mol. The van der Waals surface area contributed by atoms with Crippen LogP contribution in [0.15, 0.2) is 12.4 Å². The van der Waals surface area contributed by atoms with Crippen molar-refractivity contribution in [3.05, 3.63) is 18.1 Å². The van der Waals surface area contributed by atoms with E-state index >= 15 is 0 Å². The van der Waals surface area contributed by atoms with Gasteiger partial charge in [-0.05, 0) is 32.1 Å². The van der Waals surface area contributed by atoms with Crippen LogP contribution in [0.4, 0.5) is 5.82 Å². The summed E-state index contributed by atoms with van der Waals surface area (Å²) in [7, 11) is 1.80. The molecule has 0 radical (unpaired) electrons. The number of hydrogen-bond donors (Lipinski definition) is 1. The molecule has 3 rings (SSSR count). The van der Waals surface area contributed by atoms with Crippen LogP contribution >= 0.6 is 0 Å². The second-order valence-corrected chi connectivity index (χ2v) is 5.32. The van der Waals surface area contributed by atoms with E-state index in [-0.39, 0.29) is 0 Å². The van der Waals surface area contributed by atoms with Crippen LogP contribution in [-0.2, 0) is 11.2 Å². The molecule has 6 nitrogen and oxygen atoms in total. The zero-order valence-electron chi connectivity index (χ0n) is 12.0. The average Bonchev–Trinajstić information content (AvgIpc) is 2.96. The predicted molar refractivity (Wildman–Crippen MR) is 76.8 cm³/mol. The van der Waals surface area contributed by atoms with Gasteiger partial charge in [-0.2, -0.15) is 14.6 Å². The summed E-state index contributed by atoms with van der Waals surface area (Å²) in [6, 6.07) is 2.49. The molecule has 20 heavy (non-hydrogen) atoms. The minimum atomic E-state index is 0.361.